The minimum atomic E-state index is -0.588. The van der Waals surface area contributed by atoms with Crippen LogP contribution in [0.25, 0.3) is 0 Å². The van der Waals surface area contributed by atoms with Crippen molar-refractivity contribution in [3.8, 4) is 0 Å². The zero-order valence-electron chi connectivity index (χ0n) is 16.5. The van der Waals surface area contributed by atoms with Gasteiger partial charge in [0.05, 0.1) is 0 Å². The molecule has 0 aromatic heterocycles. The van der Waals surface area contributed by atoms with Crippen molar-refractivity contribution in [1.29, 1.82) is 0 Å². The molecular formula is C19H31F2IN4O. The quantitative estimate of drug-likeness (QED) is 0.313. The topological polar surface area (TPSA) is 56.7 Å². The zero-order chi connectivity index (χ0) is 19.5. The van der Waals surface area contributed by atoms with Crippen LogP contribution in [0.2, 0.25) is 0 Å². The summed E-state index contributed by atoms with van der Waals surface area (Å²) in [6.07, 6.45) is 0.383. The lowest BCUT2D eigenvalue weighted by Crippen LogP contribution is -2.40. The van der Waals surface area contributed by atoms with Crippen molar-refractivity contribution in [3.05, 3.63) is 35.4 Å². The molecule has 0 bridgehead atoms. The largest absolute Gasteiger partial charge is 0.357 e. The van der Waals surface area contributed by atoms with Gasteiger partial charge in [0.1, 0.15) is 11.6 Å². The predicted molar refractivity (Wildman–Crippen MR) is 117 cm³/mol. The molecule has 0 aliphatic heterocycles. The van der Waals surface area contributed by atoms with Crippen LogP contribution in [0.3, 0.4) is 0 Å². The van der Waals surface area contributed by atoms with Gasteiger partial charge in [0.2, 0.25) is 5.91 Å². The van der Waals surface area contributed by atoms with Crippen molar-refractivity contribution in [3.63, 3.8) is 0 Å². The molecule has 1 aromatic carbocycles. The number of nitrogens with zero attached hydrogens (tertiary/aromatic N) is 2. The molecule has 27 heavy (non-hydrogen) atoms. The first-order valence-corrected chi connectivity index (χ1v) is 9.17. The van der Waals surface area contributed by atoms with Crippen LogP contribution in [-0.2, 0) is 4.79 Å². The standard InChI is InChI=1S/C19H30F2N4O.HI/c1-5-22-19(23-11-10-18(26)25(6-2)7-3)24-13-14(4)16-9-8-15(20)12-17(16)21;/h8-9,12,14H,5-7,10-11,13H2,1-4H3,(H2,22,23,24);1H. The molecule has 0 radical (unpaired) electrons. The summed E-state index contributed by atoms with van der Waals surface area (Å²) in [7, 11) is 0. The first kappa shape index (κ1) is 25.6. The SMILES string of the molecule is CCNC(=NCC(C)c1ccc(F)cc1F)NCCC(=O)N(CC)CC.I. The summed E-state index contributed by atoms with van der Waals surface area (Å²) in [4.78, 5) is 18.2. The van der Waals surface area contributed by atoms with E-state index in [0.29, 0.717) is 50.7 Å². The number of amides is 1. The van der Waals surface area contributed by atoms with Crippen LogP contribution in [0.1, 0.15) is 45.6 Å². The van der Waals surface area contributed by atoms with E-state index in [4.69, 9.17) is 0 Å². The number of guanidine groups is 1. The van der Waals surface area contributed by atoms with E-state index in [0.717, 1.165) is 6.07 Å². The molecule has 1 amide bonds. The zero-order valence-corrected chi connectivity index (χ0v) is 18.8. The second-order valence-corrected chi connectivity index (χ2v) is 6.03. The normalized spacial score (nSPS) is 12.1. The molecule has 154 valence electrons. The van der Waals surface area contributed by atoms with Gasteiger partial charge in [0, 0.05) is 51.1 Å². The van der Waals surface area contributed by atoms with Crippen molar-refractivity contribution in [1.82, 2.24) is 15.5 Å². The van der Waals surface area contributed by atoms with Crippen LogP contribution >= 0.6 is 24.0 Å². The molecule has 1 aromatic rings. The van der Waals surface area contributed by atoms with Crippen LogP contribution in [0.15, 0.2) is 23.2 Å². The van der Waals surface area contributed by atoms with Gasteiger partial charge in [-0.05, 0) is 32.4 Å². The molecule has 0 saturated heterocycles. The Morgan fingerprint density at radius 3 is 2.41 bits per heavy atom. The van der Waals surface area contributed by atoms with Gasteiger partial charge >= 0.3 is 0 Å². The molecule has 1 atom stereocenters. The molecule has 0 aliphatic rings. The average molecular weight is 496 g/mol. The van der Waals surface area contributed by atoms with Gasteiger partial charge in [0.25, 0.3) is 0 Å². The lowest BCUT2D eigenvalue weighted by molar-refractivity contribution is -0.130. The number of rotatable bonds is 9. The highest BCUT2D eigenvalue weighted by Crippen LogP contribution is 2.20. The smallest absolute Gasteiger partial charge is 0.224 e. The summed E-state index contributed by atoms with van der Waals surface area (Å²) in [6, 6.07) is 3.59. The highest BCUT2D eigenvalue weighted by molar-refractivity contribution is 14.0. The number of aliphatic imine (C=N–C) groups is 1. The average Bonchev–Trinajstić information content (AvgIpc) is 2.60. The Morgan fingerprint density at radius 1 is 1.19 bits per heavy atom. The van der Waals surface area contributed by atoms with Gasteiger partial charge in [0.15, 0.2) is 5.96 Å². The molecule has 1 unspecified atom stereocenters. The summed E-state index contributed by atoms with van der Waals surface area (Å²) >= 11 is 0. The minimum Gasteiger partial charge on any atom is -0.357 e. The molecule has 0 fully saturated rings. The number of benzene rings is 1. The van der Waals surface area contributed by atoms with E-state index in [9.17, 15) is 13.6 Å². The maximum absolute atomic E-state index is 13.8. The molecule has 0 spiro atoms. The van der Waals surface area contributed by atoms with E-state index in [2.05, 4.69) is 15.6 Å². The first-order valence-electron chi connectivity index (χ1n) is 9.17. The fourth-order valence-corrected chi connectivity index (χ4v) is 2.59. The number of halogens is 3. The Balaban J connectivity index is 0.00000676. The third kappa shape index (κ3) is 8.85. The Morgan fingerprint density at radius 2 is 1.85 bits per heavy atom. The van der Waals surface area contributed by atoms with Gasteiger partial charge in [-0.3, -0.25) is 9.79 Å². The molecule has 1 rings (SSSR count). The van der Waals surface area contributed by atoms with E-state index in [-0.39, 0.29) is 35.8 Å². The van der Waals surface area contributed by atoms with Crippen LogP contribution in [0.5, 0.6) is 0 Å². The van der Waals surface area contributed by atoms with Crippen LogP contribution < -0.4 is 10.6 Å². The van der Waals surface area contributed by atoms with Gasteiger partial charge in [-0.2, -0.15) is 0 Å². The maximum Gasteiger partial charge on any atom is 0.224 e. The highest BCUT2D eigenvalue weighted by Gasteiger charge is 2.12. The molecule has 0 aliphatic carbocycles. The molecule has 8 heteroatoms. The Bertz CT molecular complexity index is 609. The second-order valence-electron chi connectivity index (χ2n) is 6.03. The fraction of sp³-hybridized carbons (Fsp3) is 0.579. The predicted octanol–water partition coefficient (Wildman–Crippen LogP) is 3.50. The summed E-state index contributed by atoms with van der Waals surface area (Å²) in [5, 5.41) is 6.23. The van der Waals surface area contributed by atoms with Crippen molar-refractivity contribution in [2.24, 2.45) is 4.99 Å². The third-order valence-corrected chi connectivity index (χ3v) is 4.11. The van der Waals surface area contributed by atoms with E-state index < -0.39 is 11.6 Å². The van der Waals surface area contributed by atoms with E-state index in [1.807, 2.05) is 27.7 Å². The van der Waals surface area contributed by atoms with Crippen LogP contribution in [-0.4, -0.2) is 49.5 Å². The third-order valence-electron chi connectivity index (χ3n) is 4.11. The number of carbonyl (C=O) groups is 1. The maximum atomic E-state index is 13.8. The number of carbonyl (C=O) groups excluding carboxylic acids is 1. The molecular weight excluding hydrogens is 465 g/mol. The summed E-state index contributed by atoms with van der Waals surface area (Å²) in [5.41, 5.74) is 0.433. The Hall–Kier alpha value is -1.45. The van der Waals surface area contributed by atoms with E-state index in [1.54, 1.807) is 4.90 Å². The van der Waals surface area contributed by atoms with Crippen LogP contribution in [0, 0.1) is 11.6 Å². The summed E-state index contributed by atoms with van der Waals surface area (Å²) < 4.78 is 26.9. The van der Waals surface area contributed by atoms with Crippen molar-refractivity contribution in [2.75, 3.05) is 32.7 Å². The van der Waals surface area contributed by atoms with Gasteiger partial charge in [-0.15, -0.1) is 24.0 Å². The Kier molecular flexibility index (Phi) is 12.9. The molecule has 0 heterocycles. The van der Waals surface area contributed by atoms with Crippen LogP contribution in [0.4, 0.5) is 8.78 Å². The number of nitrogens with one attached hydrogen (secondary N) is 2. The molecule has 2 N–H and O–H groups in total. The highest BCUT2D eigenvalue weighted by atomic mass is 127. The lowest BCUT2D eigenvalue weighted by atomic mass is 10.0. The molecule has 0 saturated carbocycles. The van der Waals surface area contributed by atoms with Crippen molar-refractivity contribution in [2.45, 2.75) is 40.0 Å². The summed E-state index contributed by atoms with van der Waals surface area (Å²) in [5.74, 6) is -0.664. The summed E-state index contributed by atoms with van der Waals surface area (Å²) in [6.45, 7) is 10.6. The second kappa shape index (κ2) is 13.7. The van der Waals surface area contributed by atoms with Gasteiger partial charge in [-0.25, -0.2) is 8.78 Å². The number of hydrogen-bond donors (Lipinski definition) is 2. The van der Waals surface area contributed by atoms with Gasteiger partial charge < -0.3 is 15.5 Å². The minimum absolute atomic E-state index is 0. The van der Waals surface area contributed by atoms with E-state index >= 15 is 0 Å². The van der Waals surface area contributed by atoms with Crippen molar-refractivity contribution >= 4 is 35.8 Å². The first-order chi connectivity index (χ1) is 12.4. The number of hydrogen-bond acceptors (Lipinski definition) is 2. The lowest BCUT2D eigenvalue weighted by Gasteiger charge is -2.19. The molecule has 5 nitrogen and oxygen atoms in total. The Labute approximate surface area is 178 Å². The fourth-order valence-electron chi connectivity index (χ4n) is 2.59. The van der Waals surface area contributed by atoms with Gasteiger partial charge in [-0.1, -0.05) is 13.0 Å². The monoisotopic (exact) mass is 496 g/mol. The van der Waals surface area contributed by atoms with E-state index in [1.165, 1.54) is 12.1 Å². The van der Waals surface area contributed by atoms with Crippen molar-refractivity contribution < 1.29 is 13.6 Å².